The van der Waals surface area contributed by atoms with Crippen LogP contribution in [0.25, 0.3) is 0 Å². The summed E-state index contributed by atoms with van der Waals surface area (Å²) >= 11 is 0. The second-order valence-electron chi connectivity index (χ2n) is 8.97. The summed E-state index contributed by atoms with van der Waals surface area (Å²) in [5.74, 6) is 0.518. The third kappa shape index (κ3) is 3.59. The van der Waals surface area contributed by atoms with Crippen molar-refractivity contribution in [3.8, 4) is 5.75 Å². The van der Waals surface area contributed by atoms with Gasteiger partial charge in [-0.2, -0.15) is 0 Å². The van der Waals surface area contributed by atoms with Crippen molar-refractivity contribution in [2.75, 3.05) is 26.7 Å². The molecule has 1 saturated carbocycles. The molecule has 1 aromatic carbocycles. The highest BCUT2D eigenvalue weighted by Crippen LogP contribution is 2.30. The van der Waals surface area contributed by atoms with E-state index in [1.165, 1.54) is 18.7 Å². The standard InChI is InChI=1S/C25H29N3O4/c1-32-21-15-22(29)28-14-13-26(24(30)18-7-4-8-18)12-10-20(28)23(21)25(31)27-11-9-17-5-2-3-6-19(17)16-27/h2-3,5-6,15,18H,4,7-14,16H2,1H3. The molecule has 5 rings (SSSR count). The van der Waals surface area contributed by atoms with E-state index in [-0.39, 0.29) is 23.3 Å². The fourth-order valence-electron chi connectivity index (χ4n) is 5.10. The third-order valence-corrected chi connectivity index (χ3v) is 7.21. The maximum atomic E-state index is 13.7. The molecule has 1 fully saturated rings. The largest absolute Gasteiger partial charge is 0.496 e. The molecule has 3 heterocycles. The van der Waals surface area contributed by atoms with Crippen molar-refractivity contribution in [3.05, 3.63) is 63.1 Å². The Kier molecular flexibility index (Phi) is 5.49. The van der Waals surface area contributed by atoms with Gasteiger partial charge in [0.05, 0.1) is 7.11 Å². The van der Waals surface area contributed by atoms with Crippen molar-refractivity contribution in [1.29, 1.82) is 0 Å². The van der Waals surface area contributed by atoms with Gasteiger partial charge in [0.1, 0.15) is 11.3 Å². The maximum Gasteiger partial charge on any atom is 0.259 e. The molecule has 0 unspecified atom stereocenters. The molecule has 7 heteroatoms. The van der Waals surface area contributed by atoms with Crippen molar-refractivity contribution < 1.29 is 14.3 Å². The number of nitrogens with zero attached hydrogens (tertiary/aromatic N) is 3. The van der Waals surface area contributed by atoms with Crippen molar-refractivity contribution in [2.45, 2.75) is 45.2 Å². The molecule has 168 valence electrons. The fraction of sp³-hybridized carbons (Fsp3) is 0.480. The first-order valence-corrected chi connectivity index (χ1v) is 11.5. The molecule has 0 radical (unpaired) electrons. The minimum atomic E-state index is -0.185. The number of hydrogen-bond acceptors (Lipinski definition) is 4. The molecule has 0 saturated heterocycles. The summed E-state index contributed by atoms with van der Waals surface area (Å²) < 4.78 is 7.18. The number of pyridine rings is 1. The number of rotatable bonds is 3. The van der Waals surface area contributed by atoms with Crippen LogP contribution in [-0.2, 0) is 30.7 Å². The van der Waals surface area contributed by atoms with E-state index >= 15 is 0 Å². The van der Waals surface area contributed by atoms with Crippen LogP contribution in [-0.4, -0.2) is 52.9 Å². The topological polar surface area (TPSA) is 71.8 Å². The van der Waals surface area contributed by atoms with Gasteiger partial charge in [-0.3, -0.25) is 14.4 Å². The van der Waals surface area contributed by atoms with E-state index in [0.717, 1.165) is 31.2 Å². The normalized spacial score (nSPS) is 18.3. The van der Waals surface area contributed by atoms with Gasteiger partial charge in [0, 0.05) is 56.8 Å². The fourth-order valence-corrected chi connectivity index (χ4v) is 5.10. The van der Waals surface area contributed by atoms with Crippen molar-refractivity contribution in [3.63, 3.8) is 0 Å². The zero-order valence-electron chi connectivity index (χ0n) is 18.5. The van der Waals surface area contributed by atoms with Crippen LogP contribution in [0, 0.1) is 5.92 Å². The number of carbonyl (C=O) groups is 2. The van der Waals surface area contributed by atoms with Gasteiger partial charge in [-0.05, 0) is 30.4 Å². The van der Waals surface area contributed by atoms with Gasteiger partial charge in [0.2, 0.25) is 5.91 Å². The lowest BCUT2D eigenvalue weighted by Crippen LogP contribution is -2.40. The molecule has 0 spiro atoms. The second-order valence-corrected chi connectivity index (χ2v) is 8.97. The molecule has 0 atom stereocenters. The van der Waals surface area contributed by atoms with Crippen LogP contribution in [0.4, 0.5) is 0 Å². The molecule has 2 aliphatic heterocycles. The van der Waals surface area contributed by atoms with Gasteiger partial charge in [-0.1, -0.05) is 30.7 Å². The van der Waals surface area contributed by atoms with Crippen LogP contribution in [0.15, 0.2) is 35.1 Å². The Morgan fingerprint density at radius 1 is 0.969 bits per heavy atom. The van der Waals surface area contributed by atoms with Crippen LogP contribution < -0.4 is 10.3 Å². The Hall–Kier alpha value is -3.09. The van der Waals surface area contributed by atoms with Gasteiger partial charge < -0.3 is 19.1 Å². The number of ether oxygens (including phenoxy) is 1. The average molecular weight is 436 g/mol. The van der Waals surface area contributed by atoms with E-state index < -0.39 is 0 Å². The highest BCUT2D eigenvalue weighted by molar-refractivity contribution is 5.98. The zero-order chi connectivity index (χ0) is 22.2. The number of benzene rings is 1. The number of carbonyl (C=O) groups excluding carboxylic acids is 2. The summed E-state index contributed by atoms with van der Waals surface area (Å²) in [5.41, 5.74) is 3.39. The molecule has 1 aromatic heterocycles. The van der Waals surface area contributed by atoms with Crippen LogP contribution in [0.5, 0.6) is 5.75 Å². The molecule has 0 bridgehead atoms. The summed E-state index contributed by atoms with van der Waals surface area (Å²) in [6.45, 7) is 2.59. The molecule has 2 aromatic rings. The SMILES string of the molecule is COc1cc(=O)n2c(c1C(=O)N1CCc3ccccc3C1)CCN(C(=O)C1CCC1)CC2. The van der Waals surface area contributed by atoms with Crippen LogP contribution >= 0.6 is 0 Å². The molecule has 7 nitrogen and oxygen atoms in total. The molecular formula is C25H29N3O4. The van der Waals surface area contributed by atoms with Crippen LogP contribution in [0.3, 0.4) is 0 Å². The first-order valence-electron chi connectivity index (χ1n) is 11.5. The molecule has 3 aliphatic rings. The highest BCUT2D eigenvalue weighted by atomic mass is 16.5. The third-order valence-electron chi connectivity index (χ3n) is 7.21. The van der Waals surface area contributed by atoms with Gasteiger partial charge in [-0.25, -0.2) is 0 Å². The Balaban J connectivity index is 1.46. The van der Waals surface area contributed by atoms with Crippen LogP contribution in [0.2, 0.25) is 0 Å². The summed E-state index contributed by atoms with van der Waals surface area (Å²) in [6, 6.07) is 9.61. The van der Waals surface area contributed by atoms with E-state index in [4.69, 9.17) is 4.74 Å². The lowest BCUT2D eigenvalue weighted by atomic mass is 9.84. The minimum Gasteiger partial charge on any atom is -0.496 e. The monoisotopic (exact) mass is 435 g/mol. The molecule has 2 amide bonds. The van der Waals surface area contributed by atoms with Gasteiger partial charge in [0.25, 0.3) is 11.5 Å². The first-order chi connectivity index (χ1) is 15.6. The number of fused-ring (bicyclic) bond motifs is 2. The van der Waals surface area contributed by atoms with Crippen molar-refractivity contribution in [2.24, 2.45) is 5.92 Å². The predicted molar refractivity (Wildman–Crippen MR) is 120 cm³/mol. The number of aromatic nitrogens is 1. The van der Waals surface area contributed by atoms with Crippen LogP contribution in [0.1, 0.15) is 46.4 Å². The zero-order valence-corrected chi connectivity index (χ0v) is 18.5. The minimum absolute atomic E-state index is 0.112. The highest BCUT2D eigenvalue weighted by Gasteiger charge is 2.33. The number of methoxy groups -OCH3 is 1. The van der Waals surface area contributed by atoms with Crippen molar-refractivity contribution in [1.82, 2.24) is 14.4 Å². The summed E-state index contributed by atoms with van der Waals surface area (Å²) in [6.07, 6.45) is 4.30. The Morgan fingerprint density at radius 2 is 1.72 bits per heavy atom. The van der Waals surface area contributed by atoms with E-state index in [0.29, 0.717) is 56.2 Å². The Labute approximate surface area is 187 Å². The van der Waals surface area contributed by atoms with E-state index in [1.807, 2.05) is 21.9 Å². The molecule has 0 N–H and O–H groups in total. The molecular weight excluding hydrogens is 406 g/mol. The lowest BCUT2D eigenvalue weighted by molar-refractivity contribution is -0.138. The Morgan fingerprint density at radius 3 is 2.44 bits per heavy atom. The van der Waals surface area contributed by atoms with E-state index in [1.54, 1.807) is 4.57 Å². The maximum absolute atomic E-state index is 13.7. The number of amides is 2. The quantitative estimate of drug-likeness (QED) is 0.741. The van der Waals surface area contributed by atoms with Gasteiger partial charge in [-0.15, -0.1) is 0 Å². The van der Waals surface area contributed by atoms with Gasteiger partial charge in [0.15, 0.2) is 0 Å². The molecule has 32 heavy (non-hydrogen) atoms. The summed E-state index contributed by atoms with van der Waals surface area (Å²) in [5, 5.41) is 0. The van der Waals surface area contributed by atoms with Gasteiger partial charge >= 0.3 is 0 Å². The second kappa shape index (κ2) is 8.45. The average Bonchev–Trinajstić information content (AvgIpc) is 3.00. The van der Waals surface area contributed by atoms with Crippen molar-refractivity contribution >= 4 is 11.8 Å². The first kappa shape index (κ1) is 20.8. The number of hydrogen-bond donors (Lipinski definition) is 0. The summed E-state index contributed by atoms with van der Waals surface area (Å²) in [7, 11) is 1.50. The Bertz CT molecular complexity index is 1120. The summed E-state index contributed by atoms with van der Waals surface area (Å²) in [4.78, 5) is 43.1. The van der Waals surface area contributed by atoms with E-state index in [2.05, 4.69) is 12.1 Å². The predicted octanol–water partition coefficient (Wildman–Crippen LogP) is 2.24. The van der Waals surface area contributed by atoms with E-state index in [9.17, 15) is 14.4 Å². The smallest absolute Gasteiger partial charge is 0.259 e. The lowest BCUT2D eigenvalue weighted by Gasteiger charge is -2.31. The molecule has 1 aliphatic carbocycles.